The molecule has 1 aliphatic rings. The minimum atomic E-state index is -1.25. The molecule has 0 spiro atoms. The number of nitrogens with zero attached hydrogens (tertiary/aromatic N) is 2. The number of hydrogen-bond donors (Lipinski definition) is 2. The van der Waals surface area contributed by atoms with Crippen LogP contribution in [0.3, 0.4) is 0 Å². The molecule has 0 radical (unpaired) electrons. The van der Waals surface area contributed by atoms with Crippen molar-refractivity contribution in [2.24, 2.45) is 5.41 Å². The molecular formula is C36H47FN2O6. The van der Waals surface area contributed by atoms with Crippen molar-refractivity contribution >= 4 is 11.7 Å². The predicted molar refractivity (Wildman–Crippen MR) is 174 cm³/mol. The molecule has 0 unspecified atom stereocenters. The maximum atomic E-state index is 13.3. The van der Waals surface area contributed by atoms with Crippen LogP contribution < -0.4 is 14.4 Å². The van der Waals surface area contributed by atoms with Crippen molar-refractivity contribution in [1.82, 2.24) is 4.98 Å². The van der Waals surface area contributed by atoms with Crippen LogP contribution in [0.5, 0.6) is 11.6 Å². The SMILES string of the molecule is Cc1nc(OCCCO)c(-c2ccc(OCCc3ccc(F)cc3)cc2)c(N2CCC(C)(C)CC2)c1[C@H](OC(C)(C)C)C(=O)O. The Balaban J connectivity index is 1.79. The van der Waals surface area contributed by atoms with E-state index < -0.39 is 17.7 Å². The van der Waals surface area contributed by atoms with Crippen molar-refractivity contribution in [2.75, 3.05) is 37.8 Å². The molecule has 3 aromatic rings. The Morgan fingerprint density at radius 3 is 2.24 bits per heavy atom. The zero-order valence-corrected chi connectivity index (χ0v) is 27.4. The molecule has 1 saturated heterocycles. The number of carboxylic acid groups (broad SMARTS) is 1. The number of pyridine rings is 1. The molecule has 0 amide bonds. The second-order valence-corrected chi connectivity index (χ2v) is 13.4. The maximum absolute atomic E-state index is 13.3. The number of aliphatic hydroxyl groups is 1. The van der Waals surface area contributed by atoms with E-state index in [1.807, 2.05) is 45.0 Å². The summed E-state index contributed by atoms with van der Waals surface area (Å²) in [7, 11) is 0. The number of benzene rings is 2. The van der Waals surface area contributed by atoms with Gasteiger partial charge in [0.15, 0.2) is 6.10 Å². The average molecular weight is 623 g/mol. The Morgan fingerprint density at radius 2 is 1.67 bits per heavy atom. The normalized spacial score (nSPS) is 15.5. The van der Waals surface area contributed by atoms with E-state index in [9.17, 15) is 19.4 Å². The number of halogens is 1. The van der Waals surface area contributed by atoms with Crippen molar-refractivity contribution in [3.8, 4) is 22.8 Å². The van der Waals surface area contributed by atoms with E-state index in [0.717, 1.165) is 42.7 Å². The van der Waals surface area contributed by atoms with Crippen LogP contribution in [0.25, 0.3) is 11.1 Å². The highest BCUT2D eigenvalue weighted by atomic mass is 19.1. The summed E-state index contributed by atoms with van der Waals surface area (Å²) in [5.74, 6) is -0.298. The van der Waals surface area contributed by atoms with Crippen LogP contribution in [0, 0.1) is 18.2 Å². The summed E-state index contributed by atoms with van der Waals surface area (Å²) >= 11 is 0. The first kappa shape index (κ1) is 34.2. The van der Waals surface area contributed by atoms with E-state index in [0.29, 0.717) is 47.9 Å². The van der Waals surface area contributed by atoms with Crippen LogP contribution in [0.2, 0.25) is 0 Å². The summed E-state index contributed by atoms with van der Waals surface area (Å²) in [6.07, 6.45) is 1.69. The molecule has 1 fully saturated rings. The number of carbonyl (C=O) groups is 1. The molecule has 45 heavy (non-hydrogen) atoms. The zero-order valence-electron chi connectivity index (χ0n) is 27.4. The van der Waals surface area contributed by atoms with Gasteiger partial charge in [0.1, 0.15) is 11.6 Å². The van der Waals surface area contributed by atoms with Gasteiger partial charge >= 0.3 is 5.97 Å². The van der Waals surface area contributed by atoms with Crippen LogP contribution in [0.4, 0.5) is 10.1 Å². The second kappa shape index (κ2) is 14.6. The quantitative estimate of drug-likeness (QED) is 0.194. The van der Waals surface area contributed by atoms with Crippen LogP contribution >= 0.6 is 0 Å². The minimum absolute atomic E-state index is 0.0229. The molecular weight excluding hydrogens is 575 g/mol. The van der Waals surface area contributed by atoms with Gasteiger partial charge in [-0.15, -0.1) is 0 Å². The molecule has 1 atom stereocenters. The molecule has 4 rings (SSSR count). The van der Waals surface area contributed by atoms with Crippen molar-refractivity contribution in [1.29, 1.82) is 0 Å². The van der Waals surface area contributed by atoms with Gasteiger partial charge in [0.05, 0.1) is 30.1 Å². The highest BCUT2D eigenvalue weighted by Crippen LogP contribution is 2.47. The van der Waals surface area contributed by atoms with E-state index in [-0.39, 0.29) is 24.4 Å². The zero-order chi connectivity index (χ0) is 32.8. The number of hydrogen-bond acceptors (Lipinski definition) is 7. The Hall–Kier alpha value is -3.69. The van der Waals surface area contributed by atoms with Gasteiger partial charge in [-0.2, -0.15) is 0 Å². The lowest BCUT2D eigenvalue weighted by Gasteiger charge is -2.41. The number of rotatable bonds is 13. The van der Waals surface area contributed by atoms with E-state index in [4.69, 9.17) is 19.2 Å². The third-order valence-corrected chi connectivity index (χ3v) is 8.01. The van der Waals surface area contributed by atoms with Gasteiger partial charge in [0.25, 0.3) is 0 Å². The predicted octanol–water partition coefficient (Wildman–Crippen LogP) is 7.15. The number of piperidine rings is 1. The first-order valence-electron chi connectivity index (χ1n) is 15.7. The summed E-state index contributed by atoms with van der Waals surface area (Å²) in [5, 5.41) is 19.9. The molecule has 1 aliphatic heterocycles. The first-order chi connectivity index (χ1) is 21.3. The minimum Gasteiger partial charge on any atom is -0.493 e. The fraction of sp³-hybridized carbons (Fsp3) is 0.500. The van der Waals surface area contributed by atoms with Gasteiger partial charge in [-0.1, -0.05) is 38.1 Å². The van der Waals surface area contributed by atoms with Crippen LogP contribution in [-0.4, -0.2) is 59.7 Å². The monoisotopic (exact) mass is 622 g/mol. The van der Waals surface area contributed by atoms with Gasteiger partial charge in [0, 0.05) is 43.8 Å². The molecule has 8 nitrogen and oxygen atoms in total. The number of aromatic nitrogens is 1. The summed E-state index contributed by atoms with van der Waals surface area (Å²) < 4.78 is 31.6. The summed E-state index contributed by atoms with van der Waals surface area (Å²) in [6.45, 7) is 14.0. The number of anilines is 1. The van der Waals surface area contributed by atoms with E-state index in [2.05, 4.69) is 18.7 Å². The van der Waals surface area contributed by atoms with Crippen molar-refractivity contribution in [3.05, 3.63) is 71.2 Å². The number of aliphatic hydroxyl groups excluding tert-OH is 1. The smallest absolute Gasteiger partial charge is 0.337 e. The lowest BCUT2D eigenvalue weighted by molar-refractivity contribution is -0.160. The fourth-order valence-corrected chi connectivity index (χ4v) is 5.49. The number of aryl methyl sites for hydroxylation is 1. The van der Waals surface area contributed by atoms with Crippen molar-refractivity contribution in [2.45, 2.75) is 78.9 Å². The molecule has 2 heterocycles. The Bertz CT molecular complexity index is 1420. The molecule has 0 saturated carbocycles. The molecule has 9 heteroatoms. The van der Waals surface area contributed by atoms with E-state index >= 15 is 0 Å². The third-order valence-electron chi connectivity index (χ3n) is 8.01. The van der Waals surface area contributed by atoms with E-state index in [1.54, 1.807) is 19.1 Å². The highest BCUT2D eigenvalue weighted by molar-refractivity contribution is 5.89. The fourth-order valence-electron chi connectivity index (χ4n) is 5.49. The summed E-state index contributed by atoms with van der Waals surface area (Å²) in [4.78, 5) is 19.9. The van der Waals surface area contributed by atoms with E-state index in [1.165, 1.54) is 12.1 Å². The summed E-state index contributed by atoms with van der Waals surface area (Å²) in [5.41, 5.74) is 3.70. The molecule has 0 aliphatic carbocycles. The van der Waals surface area contributed by atoms with Crippen molar-refractivity contribution < 1.29 is 33.6 Å². The number of ether oxygens (including phenoxy) is 3. The van der Waals surface area contributed by atoms with Gasteiger partial charge in [-0.25, -0.2) is 14.2 Å². The Morgan fingerprint density at radius 1 is 1.02 bits per heavy atom. The highest BCUT2D eigenvalue weighted by Gasteiger charge is 2.37. The molecule has 0 bridgehead atoms. The van der Waals surface area contributed by atoms with Gasteiger partial charge in [-0.05, 0) is 81.3 Å². The van der Waals surface area contributed by atoms with Crippen molar-refractivity contribution in [3.63, 3.8) is 0 Å². The molecule has 2 N–H and O–H groups in total. The third kappa shape index (κ3) is 9.17. The standard InChI is InChI=1S/C36H47FN2O6/c1-24-29(32(34(41)42)45-35(2,3)4)31(39-19-17-36(5,6)18-20-39)30(33(38-24)44-22-7-21-40)26-10-14-28(15-11-26)43-23-16-25-8-12-27(37)13-9-25/h8-15,32,40H,7,16-23H2,1-6H3,(H,41,42)/t32-/m0/s1. The Labute approximate surface area is 266 Å². The second-order valence-electron chi connectivity index (χ2n) is 13.4. The maximum Gasteiger partial charge on any atom is 0.337 e. The van der Waals surface area contributed by atoms with Gasteiger partial charge in [0.2, 0.25) is 5.88 Å². The lowest BCUT2D eigenvalue weighted by Crippen LogP contribution is -2.39. The van der Waals surface area contributed by atoms with Crippen LogP contribution in [0.15, 0.2) is 48.5 Å². The van der Waals surface area contributed by atoms with Gasteiger partial charge in [-0.3, -0.25) is 0 Å². The molecule has 1 aromatic heterocycles. The Kier molecular flexibility index (Phi) is 11.1. The molecule has 2 aromatic carbocycles. The van der Waals surface area contributed by atoms with Gasteiger partial charge < -0.3 is 29.3 Å². The summed E-state index contributed by atoms with van der Waals surface area (Å²) in [6, 6.07) is 14.0. The number of carboxylic acids is 1. The largest absolute Gasteiger partial charge is 0.493 e. The topological polar surface area (TPSA) is 101 Å². The lowest BCUT2D eigenvalue weighted by atomic mass is 9.82. The average Bonchev–Trinajstić information content (AvgIpc) is 2.97. The molecule has 244 valence electrons. The number of aliphatic carboxylic acids is 1. The van der Waals surface area contributed by atoms with Crippen LogP contribution in [-0.2, 0) is 16.0 Å². The van der Waals surface area contributed by atoms with Crippen LogP contribution in [0.1, 0.15) is 76.8 Å². The first-order valence-corrected chi connectivity index (χ1v) is 15.7.